The van der Waals surface area contributed by atoms with Crippen molar-refractivity contribution in [2.75, 3.05) is 6.61 Å². The largest absolute Gasteiger partial charge is 0.466 e. The average molecular weight is 497 g/mol. The fourth-order valence-corrected chi connectivity index (χ4v) is 10.0. The van der Waals surface area contributed by atoms with Crippen molar-refractivity contribution in [2.45, 2.75) is 113 Å². The number of ether oxygens (including phenoxy) is 1. The first kappa shape index (κ1) is 26.2. The number of allylic oxidation sites excluding steroid dienone is 4. The second kappa shape index (κ2) is 7.80. The zero-order valence-electron chi connectivity index (χ0n) is 23.9. The molecule has 0 heterocycles. The average Bonchev–Trinajstić information content (AvgIpc) is 2.79. The Kier molecular flexibility index (Phi) is 5.68. The molecule has 0 aromatic carbocycles. The van der Waals surface area contributed by atoms with Crippen molar-refractivity contribution in [3.05, 3.63) is 23.3 Å². The number of hydrogen-bond acceptors (Lipinski definition) is 4. The van der Waals surface area contributed by atoms with Crippen molar-refractivity contribution in [1.82, 2.24) is 0 Å². The topological polar surface area (TPSA) is 63.6 Å². The molecule has 5 aliphatic rings. The second-order valence-electron chi connectivity index (χ2n) is 14.8. The van der Waals surface area contributed by atoms with Crippen LogP contribution in [-0.4, -0.2) is 29.6 Å². The number of aliphatic hydroxyl groups excluding tert-OH is 1. The van der Waals surface area contributed by atoms with Crippen molar-refractivity contribution < 1.29 is 19.4 Å². The molecule has 1 N–H and O–H groups in total. The lowest BCUT2D eigenvalue weighted by molar-refractivity contribution is -0.167. The molecule has 200 valence electrons. The third kappa shape index (κ3) is 3.09. The van der Waals surface area contributed by atoms with Crippen LogP contribution in [0, 0.1) is 44.3 Å². The molecule has 0 saturated heterocycles. The number of ketones is 1. The van der Waals surface area contributed by atoms with Gasteiger partial charge in [-0.05, 0) is 92.3 Å². The Morgan fingerprint density at radius 1 is 0.944 bits per heavy atom. The van der Waals surface area contributed by atoms with E-state index < -0.39 is 10.8 Å². The van der Waals surface area contributed by atoms with E-state index in [9.17, 15) is 14.7 Å². The highest BCUT2D eigenvalue weighted by atomic mass is 16.5. The molecule has 4 heteroatoms. The van der Waals surface area contributed by atoms with Crippen molar-refractivity contribution in [3.63, 3.8) is 0 Å². The summed E-state index contributed by atoms with van der Waals surface area (Å²) < 4.78 is 5.47. The molecule has 8 unspecified atom stereocenters. The SMILES string of the molecule is CCOC(=O)C1(C)CC(=O)C2(C)CCC3(C)C(=CC=C4C5(C)CCC(O)C(C)(C)C5CCC43C)C2C1. The van der Waals surface area contributed by atoms with Crippen LogP contribution < -0.4 is 0 Å². The van der Waals surface area contributed by atoms with Gasteiger partial charge in [0.2, 0.25) is 0 Å². The molecule has 8 atom stereocenters. The zero-order valence-corrected chi connectivity index (χ0v) is 23.9. The van der Waals surface area contributed by atoms with Crippen LogP contribution in [0.5, 0.6) is 0 Å². The first-order valence-corrected chi connectivity index (χ1v) is 14.4. The molecule has 5 rings (SSSR count). The van der Waals surface area contributed by atoms with E-state index in [-0.39, 0.29) is 45.4 Å². The number of esters is 1. The summed E-state index contributed by atoms with van der Waals surface area (Å²) >= 11 is 0. The van der Waals surface area contributed by atoms with Gasteiger partial charge in [0.05, 0.1) is 18.1 Å². The standard InChI is InChI=1S/C32H48O4/c1-9-36-26(35)28(4)18-21-20-10-11-23-30(6)14-13-24(33)27(2,3)22(30)12-15-32(23,8)31(20,7)17-16-29(21,5)25(34)19-28/h10-11,21-22,24,33H,9,12-19H2,1-8H3. The van der Waals surface area contributed by atoms with Gasteiger partial charge in [-0.1, -0.05) is 64.8 Å². The van der Waals surface area contributed by atoms with Crippen LogP contribution in [0.1, 0.15) is 107 Å². The van der Waals surface area contributed by atoms with Crippen molar-refractivity contribution in [2.24, 2.45) is 44.3 Å². The van der Waals surface area contributed by atoms with Gasteiger partial charge >= 0.3 is 5.97 Å². The molecule has 0 aromatic rings. The van der Waals surface area contributed by atoms with Gasteiger partial charge in [0.1, 0.15) is 5.78 Å². The van der Waals surface area contributed by atoms with E-state index in [2.05, 4.69) is 53.7 Å². The summed E-state index contributed by atoms with van der Waals surface area (Å²) in [5.41, 5.74) is 1.75. The fourth-order valence-electron chi connectivity index (χ4n) is 10.0. The maximum Gasteiger partial charge on any atom is 0.312 e. The van der Waals surface area contributed by atoms with Gasteiger partial charge in [0, 0.05) is 11.8 Å². The van der Waals surface area contributed by atoms with Crippen LogP contribution in [0.2, 0.25) is 0 Å². The molecule has 0 bridgehead atoms. The second-order valence-corrected chi connectivity index (χ2v) is 14.8. The Morgan fingerprint density at radius 2 is 1.64 bits per heavy atom. The highest BCUT2D eigenvalue weighted by Gasteiger charge is 2.67. The Hall–Kier alpha value is -1.42. The maximum atomic E-state index is 13.7. The zero-order chi connectivity index (χ0) is 26.5. The highest BCUT2D eigenvalue weighted by Crippen LogP contribution is 2.74. The summed E-state index contributed by atoms with van der Waals surface area (Å²) in [7, 11) is 0. The van der Waals surface area contributed by atoms with E-state index in [1.807, 2.05) is 13.8 Å². The first-order chi connectivity index (χ1) is 16.6. The Bertz CT molecular complexity index is 1050. The number of aliphatic hydroxyl groups is 1. The van der Waals surface area contributed by atoms with E-state index in [0.717, 1.165) is 38.5 Å². The number of hydrogen-bond donors (Lipinski definition) is 1. The van der Waals surface area contributed by atoms with Crippen LogP contribution in [0.3, 0.4) is 0 Å². The number of carbonyl (C=O) groups is 2. The maximum absolute atomic E-state index is 13.7. The third-order valence-electron chi connectivity index (χ3n) is 12.8. The molecule has 0 radical (unpaired) electrons. The number of fused-ring (bicyclic) bond motifs is 7. The predicted octanol–water partition coefficient (Wildman–Crippen LogP) is 6.81. The summed E-state index contributed by atoms with van der Waals surface area (Å²) in [4.78, 5) is 26.7. The summed E-state index contributed by atoms with van der Waals surface area (Å²) in [6.07, 6.45) is 11.5. The molecular weight excluding hydrogens is 448 g/mol. The Balaban J connectivity index is 1.61. The van der Waals surface area contributed by atoms with E-state index in [1.165, 1.54) is 5.57 Å². The first-order valence-electron chi connectivity index (χ1n) is 14.4. The third-order valence-corrected chi connectivity index (χ3v) is 12.8. The summed E-state index contributed by atoms with van der Waals surface area (Å²) in [5.74, 6) is 0.541. The molecular formula is C32H48O4. The summed E-state index contributed by atoms with van der Waals surface area (Å²) in [6.45, 7) is 18.2. The van der Waals surface area contributed by atoms with Gasteiger partial charge in [-0.25, -0.2) is 0 Å². The Labute approximate surface area is 218 Å². The molecule has 0 spiro atoms. The molecule has 4 fully saturated rings. The summed E-state index contributed by atoms with van der Waals surface area (Å²) in [6, 6.07) is 0. The molecule has 0 aliphatic heterocycles. The minimum absolute atomic E-state index is 0.0167. The number of carbonyl (C=O) groups excluding carboxylic acids is 2. The normalized spacial score (nSPS) is 49.5. The molecule has 0 aromatic heterocycles. The van der Waals surface area contributed by atoms with Crippen LogP contribution in [0.25, 0.3) is 0 Å². The molecule has 36 heavy (non-hydrogen) atoms. The van der Waals surface area contributed by atoms with Gasteiger partial charge in [-0.15, -0.1) is 0 Å². The van der Waals surface area contributed by atoms with Crippen LogP contribution in [-0.2, 0) is 14.3 Å². The van der Waals surface area contributed by atoms with E-state index >= 15 is 0 Å². The van der Waals surface area contributed by atoms with Crippen molar-refractivity contribution in [1.29, 1.82) is 0 Å². The molecule has 5 aliphatic carbocycles. The van der Waals surface area contributed by atoms with E-state index in [1.54, 1.807) is 5.57 Å². The molecule has 4 saturated carbocycles. The van der Waals surface area contributed by atoms with E-state index in [0.29, 0.717) is 25.4 Å². The van der Waals surface area contributed by atoms with Crippen molar-refractivity contribution >= 4 is 11.8 Å². The minimum Gasteiger partial charge on any atom is -0.466 e. The predicted molar refractivity (Wildman–Crippen MR) is 142 cm³/mol. The van der Waals surface area contributed by atoms with E-state index in [4.69, 9.17) is 4.74 Å². The smallest absolute Gasteiger partial charge is 0.312 e. The molecule has 4 nitrogen and oxygen atoms in total. The van der Waals surface area contributed by atoms with Crippen LogP contribution in [0.15, 0.2) is 23.3 Å². The lowest BCUT2D eigenvalue weighted by Gasteiger charge is -2.68. The van der Waals surface area contributed by atoms with Crippen molar-refractivity contribution in [3.8, 4) is 0 Å². The van der Waals surface area contributed by atoms with Gasteiger partial charge in [0.25, 0.3) is 0 Å². The lowest BCUT2D eigenvalue weighted by atomic mass is 9.36. The fraction of sp³-hybridized carbons (Fsp3) is 0.812. The lowest BCUT2D eigenvalue weighted by Crippen LogP contribution is -2.62. The Morgan fingerprint density at radius 3 is 2.31 bits per heavy atom. The van der Waals surface area contributed by atoms with Gasteiger partial charge in [0.15, 0.2) is 0 Å². The number of Topliss-reactive ketones (excluding diaryl/α,β-unsaturated/α-hetero) is 1. The molecule has 0 amide bonds. The van der Waals surface area contributed by atoms with Gasteiger partial charge in [-0.3, -0.25) is 9.59 Å². The highest BCUT2D eigenvalue weighted by molar-refractivity contribution is 5.92. The van der Waals surface area contributed by atoms with Gasteiger partial charge in [-0.2, -0.15) is 0 Å². The monoisotopic (exact) mass is 496 g/mol. The minimum atomic E-state index is -0.756. The quantitative estimate of drug-likeness (QED) is 0.427. The van der Waals surface area contributed by atoms with Crippen LogP contribution in [0.4, 0.5) is 0 Å². The van der Waals surface area contributed by atoms with Crippen LogP contribution >= 0.6 is 0 Å². The number of rotatable bonds is 2. The van der Waals surface area contributed by atoms with Gasteiger partial charge < -0.3 is 9.84 Å². The summed E-state index contributed by atoms with van der Waals surface area (Å²) in [5, 5.41) is 10.9.